The second-order valence-electron chi connectivity index (χ2n) is 8.62. The molecule has 1 aromatic carbocycles. The zero-order chi connectivity index (χ0) is 27.3. The lowest BCUT2D eigenvalue weighted by Gasteiger charge is -2.27. The van der Waals surface area contributed by atoms with Crippen LogP contribution in [0.1, 0.15) is 32.3 Å². The Kier molecular flexibility index (Phi) is 13.3. The van der Waals surface area contributed by atoms with E-state index in [1.165, 1.54) is 0 Å². The Morgan fingerprint density at radius 2 is 1.58 bits per heavy atom. The smallest absolute Gasteiger partial charge is 0.327 e. The summed E-state index contributed by atoms with van der Waals surface area (Å²) in [6, 6.07) is 5.00. The van der Waals surface area contributed by atoms with E-state index in [2.05, 4.69) is 33.6 Å². The van der Waals surface area contributed by atoms with E-state index in [1.807, 2.05) is 30.3 Å². The van der Waals surface area contributed by atoms with E-state index in [0.717, 1.165) is 5.56 Å². The van der Waals surface area contributed by atoms with Gasteiger partial charge in [0.05, 0.1) is 6.04 Å². The summed E-state index contributed by atoms with van der Waals surface area (Å²) in [5.74, 6) is -3.67. The molecule has 0 aliphatic heterocycles. The predicted octanol–water partition coefficient (Wildman–Crippen LogP) is -1.27. The quantitative estimate of drug-likeness (QED) is 0.0599. The number of thiol groups is 1. The van der Waals surface area contributed by atoms with E-state index in [1.54, 1.807) is 13.8 Å². The SMILES string of the molecule is CC(C)C(NC(=O)C(CCCN=C(N)N)NC(=O)C(N)Cc1ccccc1)C(=O)NC(CS)C(=O)O. The van der Waals surface area contributed by atoms with Crippen molar-refractivity contribution in [1.82, 2.24) is 16.0 Å². The molecule has 1 rings (SSSR count). The molecule has 4 atom stereocenters. The second-order valence-corrected chi connectivity index (χ2v) is 8.98. The van der Waals surface area contributed by atoms with Gasteiger partial charge in [0, 0.05) is 12.3 Å². The highest BCUT2D eigenvalue weighted by atomic mass is 32.1. The van der Waals surface area contributed by atoms with Gasteiger partial charge in [-0.1, -0.05) is 44.2 Å². The molecule has 200 valence electrons. The van der Waals surface area contributed by atoms with Gasteiger partial charge in [0.25, 0.3) is 0 Å². The molecule has 0 aliphatic rings. The highest BCUT2D eigenvalue weighted by Gasteiger charge is 2.31. The van der Waals surface area contributed by atoms with E-state index in [4.69, 9.17) is 17.2 Å². The molecule has 0 radical (unpaired) electrons. The minimum Gasteiger partial charge on any atom is -0.480 e. The van der Waals surface area contributed by atoms with Crippen molar-refractivity contribution in [3.05, 3.63) is 35.9 Å². The van der Waals surface area contributed by atoms with Crippen LogP contribution in [-0.4, -0.2) is 71.2 Å². The molecule has 10 N–H and O–H groups in total. The normalized spacial score (nSPS) is 14.1. The Morgan fingerprint density at radius 1 is 0.972 bits per heavy atom. The Labute approximate surface area is 216 Å². The highest BCUT2D eigenvalue weighted by Crippen LogP contribution is 2.07. The molecule has 0 aromatic heterocycles. The largest absolute Gasteiger partial charge is 0.480 e. The average Bonchev–Trinajstić information content (AvgIpc) is 2.82. The van der Waals surface area contributed by atoms with Crippen LogP contribution in [0.15, 0.2) is 35.3 Å². The topological polar surface area (TPSA) is 215 Å². The maximum absolute atomic E-state index is 13.1. The maximum Gasteiger partial charge on any atom is 0.327 e. The third-order valence-electron chi connectivity index (χ3n) is 5.26. The fourth-order valence-corrected chi connectivity index (χ4v) is 3.50. The first kappa shape index (κ1) is 30.7. The molecule has 0 aliphatic carbocycles. The van der Waals surface area contributed by atoms with Gasteiger partial charge >= 0.3 is 5.97 Å². The van der Waals surface area contributed by atoms with E-state index in [-0.39, 0.29) is 37.0 Å². The summed E-state index contributed by atoms with van der Waals surface area (Å²) in [6.45, 7) is 3.63. The number of carbonyl (C=O) groups is 4. The van der Waals surface area contributed by atoms with Crippen molar-refractivity contribution in [2.75, 3.05) is 12.3 Å². The van der Waals surface area contributed by atoms with Crippen molar-refractivity contribution in [2.45, 2.75) is 57.3 Å². The van der Waals surface area contributed by atoms with E-state index in [9.17, 15) is 24.3 Å². The van der Waals surface area contributed by atoms with Crippen molar-refractivity contribution in [3.8, 4) is 0 Å². The van der Waals surface area contributed by atoms with E-state index in [0.29, 0.717) is 6.42 Å². The Bertz CT molecular complexity index is 909. The number of aliphatic carboxylic acids is 1. The van der Waals surface area contributed by atoms with Crippen LogP contribution in [0.2, 0.25) is 0 Å². The van der Waals surface area contributed by atoms with Crippen LogP contribution in [-0.2, 0) is 25.6 Å². The van der Waals surface area contributed by atoms with Crippen LogP contribution >= 0.6 is 12.6 Å². The van der Waals surface area contributed by atoms with Gasteiger partial charge in [0.1, 0.15) is 18.1 Å². The zero-order valence-corrected chi connectivity index (χ0v) is 21.4. The average molecular weight is 524 g/mol. The number of carboxylic acids is 1. The van der Waals surface area contributed by atoms with Crippen molar-refractivity contribution in [2.24, 2.45) is 28.1 Å². The molecule has 36 heavy (non-hydrogen) atoms. The first-order valence-electron chi connectivity index (χ1n) is 11.6. The van der Waals surface area contributed by atoms with Gasteiger partial charge in [-0.3, -0.25) is 19.4 Å². The molecule has 0 bridgehead atoms. The van der Waals surface area contributed by atoms with Gasteiger partial charge < -0.3 is 38.3 Å². The van der Waals surface area contributed by atoms with Crippen LogP contribution in [0.5, 0.6) is 0 Å². The third kappa shape index (κ3) is 11.0. The van der Waals surface area contributed by atoms with Crippen molar-refractivity contribution < 1.29 is 24.3 Å². The molecule has 4 unspecified atom stereocenters. The number of nitrogens with zero attached hydrogens (tertiary/aromatic N) is 1. The number of benzene rings is 1. The number of nitrogens with one attached hydrogen (secondary N) is 3. The Hall–Kier alpha value is -3.32. The monoisotopic (exact) mass is 523 g/mol. The number of guanidine groups is 1. The van der Waals surface area contributed by atoms with Gasteiger partial charge in [-0.25, -0.2) is 4.79 Å². The minimum absolute atomic E-state index is 0.0985. The van der Waals surface area contributed by atoms with Gasteiger partial charge in [-0.2, -0.15) is 12.6 Å². The number of hydrogen-bond donors (Lipinski definition) is 8. The molecular formula is C23H37N7O5S. The lowest BCUT2D eigenvalue weighted by molar-refractivity contribution is -0.142. The van der Waals surface area contributed by atoms with Crippen LogP contribution in [0.25, 0.3) is 0 Å². The summed E-state index contributed by atoms with van der Waals surface area (Å²) in [5.41, 5.74) is 17.6. The molecule has 0 fully saturated rings. The Morgan fingerprint density at radius 3 is 2.11 bits per heavy atom. The van der Waals surface area contributed by atoms with Gasteiger partial charge in [0.15, 0.2) is 5.96 Å². The lowest BCUT2D eigenvalue weighted by atomic mass is 10.0. The van der Waals surface area contributed by atoms with Crippen LogP contribution < -0.4 is 33.2 Å². The summed E-state index contributed by atoms with van der Waals surface area (Å²) >= 11 is 3.94. The number of hydrogen-bond acceptors (Lipinski definition) is 7. The van der Waals surface area contributed by atoms with Crippen molar-refractivity contribution >= 4 is 42.3 Å². The highest BCUT2D eigenvalue weighted by molar-refractivity contribution is 7.80. The summed E-state index contributed by atoms with van der Waals surface area (Å²) in [4.78, 5) is 53.8. The Balaban J connectivity index is 2.96. The van der Waals surface area contributed by atoms with Gasteiger partial charge in [-0.15, -0.1) is 0 Å². The number of rotatable bonds is 15. The molecule has 0 saturated heterocycles. The number of nitrogens with two attached hydrogens (primary N) is 3. The molecule has 0 heterocycles. The molecule has 0 spiro atoms. The molecule has 12 nitrogen and oxygen atoms in total. The zero-order valence-electron chi connectivity index (χ0n) is 20.5. The van der Waals surface area contributed by atoms with Crippen molar-refractivity contribution in [3.63, 3.8) is 0 Å². The fourth-order valence-electron chi connectivity index (χ4n) is 3.25. The van der Waals surface area contributed by atoms with Crippen LogP contribution in [0, 0.1) is 5.92 Å². The van der Waals surface area contributed by atoms with Crippen molar-refractivity contribution in [1.29, 1.82) is 0 Å². The predicted molar refractivity (Wildman–Crippen MR) is 140 cm³/mol. The lowest BCUT2D eigenvalue weighted by Crippen LogP contribution is -2.58. The summed E-state index contributed by atoms with van der Waals surface area (Å²) in [6.07, 6.45) is 0.809. The van der Waals surface area contributed by atoms with Crippen LogP contribution in [0.4, 0.5) is 0 Å². The van der Waals surface area contributed by atoms with E-state index < -0.39 is 47.9 Å². The van der Waals surface area contributed by atoms with Gasteiger partial charge in [0.2, 0.25) is 17.7 Å². The number of carboxylic acid groups (broad SMARTS) is 1. The summed E-state index contributed by atoms with van der Waals surface area (Å²) in [7, 11) is 0. The van der Waals surface area contributed by atoms with Crippen LogP contribution in [0.3, 0.4) is 0 Å². The fraction of sp³-hybridized carbons (Fsp3) is 0.522. The molecular weight excluding hydrogens is 486 g/mol. The first-order chi connectivity index (χ1) is 17.0. The first-order valence-corrected chi connectivity index (χ1v) is 12.2. The molecule has 1 aromatic rings. The summed E-state index contributed by atoms with van der Waals surface area (Å²) < 4.78 is 0. The molecule has 0 saturated carbocycles. The molecule has 13 heteroatoms. The summed E-state index contributed by atoms with van der Waals surface area (Å²) in [5, 5.41) is 16.8. The van der Waals surface area contributed by atoms with E-state index >= 15 is 0 Å². The number of aliphatic imine (C=N–C) groups is 1. The second kappa shape index (κ2) is 15.6. The van der Waals surface area contributed by atoms with Gasteiger partial charge in [-0.05, 0) is 30.7 Å². The standard InChI is InChI=1S/C23H37N7O5S/c1-13(2)18(21(33)29-17(12-36)22(34)35)30-20(32)16(9-6-10-27-23(25)26)28-19(31)15(24)11-14-7-4-3-5-8-14/h3-5,7-8,13,15-18,36H,6,9-12,24H2,1-2H3,(H,28,31)(H,29,33)(H,30,32)(H,34,35)(H4,25,26,27). The third-order valence-corrected chi connectivity index (χ3v) is 5.62. The maximum atomic E-state index is 13.1. The minimum atomic E-state index is -1.25. The molecule has 3 amide bonds. The number of amides is 3. The number of carbonyl (C=O) groups excluding carboxylic acids is 3.